The number of hydrogen-bond donors (Lipinski definition) is 2. The molecule has 2 saturated heterocycles. The van der Waals surface area contributed by atoms with E-state index in [1.807, 2.05) is 12.1 Å². The second-order valence-electron chi connectivity index (χ2n) is 9.83. The van der Waals surface area contributed by atoms with Crippen molar-refractivity contribution in [2.45, 2.75) is 45.3 Å². The van der Waals surface area contributed by atoms with E-state index in [0.29, 0.717) is 32.5 Å². The minimum absolute atomic E-state index is 0.116. The van der Waals surface area contributed by atoms with Crippen LogP contribution in [0.3, 0.4) is 0 Å². The Morgan fingerprint density at radius 3 is 1.66 bits per heavy atom. The quantitative estimate of drug-likeness (QED) is 0.0869. The number of ether oxygens (including phenoxy) is 4. The van der Waals surface area contributed by atoms with E-state index in [0.717, 1.165) is 46.5 Å². The van der Waals surface area contributed by atoms with Crippen LogP contribution >= 0.6 is 63.7 Å². The maximum atomic E-state index is 11.6. The predicted octanol–water partition coefficient (Wildman–Crippen LogP) is 7.70. The van der Waals surface area contributed by atoms with Crippen LogP contribution in [-0.2, 0) is 29.2 Å². The van der Waals surface area contributed by atoms with Gasteiger partial charge in [0.05, 0.1) is 35.4 Å². The van der Waals surface area contributed by atoms with Crippen LogP contribution in [0, 0.1) is 0 Å². The second-order valence-corrected chi connectivity index (χ2v) is 13.0. The molecule has 2 aromatic carbocycles. The summed E-state index contributed by atoms with van der Waals surface area (Å²) < 4.78 is 23.0. The predicted molar refractivity (Wildman–Crippen MR) is 171 cm³/mol. The Hall–Kier alpha value is -1.54. The highest BCUT2D eigenvalue weighted by Gasteiger charge is 2.32. The monoisotopic (exact) mass is 824 g/mol. The fourth-order valence-electron chi connectivity index (χ4n) is 3.11. The van der Waals surface area contributed by atoms with Crippen LogP contribution in [0.4, 0.5) is 0 Å². The molecule has 224 valence electrons. The summed E-state index contributed by atoms with van der Waals surface area (Å²) in [5, 5.41) is 18.1. The maximum Gasteiger partial charge on any atom is 0.338 e. The van der Waals surface area contributed by atoms with Gasteiger partial charge in [0.2, 0.25) is 0 Å². The first-order valence-corrected chi connectivity index (χ1v) is 15.5. The topological polar surface area (TPSA) is 118 Å². The highest BCUT2D eigenvalue weighted by atomic mass is 79.9. The summed E-state index contributed by atoms with van der Waals surface area (Å²) in [5.41, 5.74) is 2.09. The molecule has 2 aromatic rings. The summed E-state index contributed by atoms with van der Waals surface area (Å²) in [6, 6.07) is 7.33. The zero-order valence-corrected chi connectivity index (χ0v) is 29.4. The fraction of sp³-hybridized carbons (Fsp3) is 0.379. The van der Waals surface area contributed by atoms with Crippen molar-refractivity contribution in [1.82, 2.24) is 0 Å². The smallest absolute Gasteiger partial charge is 0.338 e. The van der Waals surface area contributed by atoms with Gasteiger partial charge < -0.3 is 29.2 Å². The zero-order chi connectivity index (χ0) is 31.1. The molecule has 2 aliphatic heterocycles. The molecule has 2 aliphatic rings. The number of rotatable bonds is 9. The number of halogens is 4. The van der Waals surface area contributed by atoms with Crippen LogP contribution in [-0.4, -0.2) is 60.8 Å². The van der Waals surface area contributed by atoms with Crippen molar-refractivity contribution in [3.05, 3.63) is 77.6 Å². The molecule has 2 heterocycles. The van der Waals surface area contributed by atoms with E-state index in [9.17, 15) is 14.7 Å². The number of esters is 1. The van der Waals surface area contributed by atoms with E-state index in [4.69, 9.17) is 24.1 Å². The van der Waals surface area contributed by atoms with Gasteiger partial charge in [-0.25, -0.2) is 9.59 Å². The Bertz CT molecular complexity index is 1230. The molecule has 0 bridgehead atoms. The Morgan fingerprint density at radius 1 is 0.902 bits per heavy atom. The lowest BCUT2D eigenvalue weighted by atomic mass is 9.78. The van der Waals surface area contributed by atoms with Crippen molar-refractivity contribution >= 4 is 75.7 Å². The SMILES string of the molecule is C(OCC1CO1)C1CO1.C=C(C)C(=O)O.C=C(C)C(=O)Oc1ccc(C(C)(C)c2c(Br)c(Br)c(O)c(Br)c2Br)cc1. The lowest BCUT2D eigenvalue weighted by molar-refractivity contribution is -0.132. The van der Waals surface area contributed by atoms with E-state index in [-0.39, 0.29) is 11.3 Å². The molecule has 0 saturated carbocycles. The summed E-state index contributed by atoms with van der Waals surface area (Å²) >= 11 is 14.0. The van der Waals surface area contributed by atoms with Crippen molar-refractivity contribution in [2.24, 2.45) is 0 Å². The van der Waals surface area contributed by atoms with Crippen molar-refractivity contribution in [1.29, 1.82) is 0 Å². The van der Waals surface area contributed by atoms with Crippen molar-refractivity contribution in [3.63, 3.8) is 0 Å². The number of phenols is 1. The van der Waals surface area contributed by atoms with E-state index in [1.54, 1.807) is 19.1 Å². The normalized spacial score (nSPS) is 16.8. The molecule has 2 N–H and O–H groups in total. The van der Waals surface area contributed by atoms with Gasteiger partial charge >= 0.3 is 11.9 Å². The first kappa shape index (κ1) is 35.7. The standard InChI is InChI=1S/C19H16Br4O3.C6H10O3.C4H6O2/c1-9(2)18(25)26-11-7-5-10(6-8-11)19(3,4)12-13(20)15(22)17(24)16(23)14(12)21;1(5-3-8-5)7-2-6-4-9-6;1-3(2)4(5)6/h5-8,24H,1H2,2-4H3;5-6H,1-4H2;1H2,2H3,(H,5,6). The molecule has 0 amide bonds. The lowest BCUT2D eigenvalue weighted by Crippen LogP contribution is -2.21. The Kier molecular flexibility index (Phi) is 13.7. The molecule has 2 fully saturated rings. The number of carbonyl (C=O) groups excluding carboxylic acids is 1. The molecular formula is C29H32Br4O8. The molecule has 2 unspecified atom stereocenters. The van der Waals surface area contributed by atoms with Crippen LogP contribution in [0.1, 0.15) is 38.8 Å². The number of carbonyl (C=O) groups is 2. The number of aliphatic carboxylic acids is 1. The third-order valence-corrected chi connectivity index (χ3v) is 9.97. The highest BCUT2D eigenvalue weighted by Crippen LogP contribution is 2.51. The third kappa shape index (κ3) is 10.9. The molecule has 0 spiro atoms. The second kappa shape index (κ2) is 15.8. The Morgan fingerprint density at radius 2 is 1.32 bits per heavy atom. The Balaban J connectivity index is 0.000000316. The van der Waals surface area contributed by atoms with Gasteiger partial charge in [0.25, 0.3) is 0 Å². The van der Waals surface area contributed by atoms with E-state index in [1.165, 1.54) is 6.92 Å². The number of aromatic hydroxyl groups is 1. The van der Waals surface area contributed by atoms with Gasteiger partial charge in [-0.1, -0.05) is 39.1 Å². The van der Waals surface area contributed by atoms with E-state index >= 15 is 0 Å². The summed E-state index contributed by atoms with van der Waals surface area (Å²) in [4.78, 5) is 21.2. The van der Waals surface area contributed by atoms with E-state index in [2.05, 4.69) is 90.7 Å². The molecule has 12 heteroatoms. The largest absolute Gasteiger partial charge is 0.505 e. The summed E-state index contributed by atoms with van der Waals surface area (Å²) in [7, 11) is 0. The van der Waals surface area contributed by atoms with E-state index < -0.39 is 17.4 Å². The van der Waals surface area contributed by atoms with Crippen molar-refractivity contribution in [2.75, 3.05) is 26.4 Å². The van der Waals surface area contributed by atoms with Crippen LogP contribution in [0.15, 0.2) is 66.5 Å². The summed E-state index contributed by atoms with van der Waals surface area (Å²) in [5.74, 6) is -0.807. The first-order chi connectivity index (χ1) is 19.1. The molecule has 2 atom stereocenters. The van der Waals surface area contributed by atoms with Gasteiger partial charge in [-0.3, -0.25) is 0 Å². The average molecular weight is 828 g/mol. The summed E-state index contributed by atoms with van der Waals surface area (Å²) in [6.07, 6.45) is 0.785. The minimum atomic E-state index is -0.935. The van der Waals surface area contributed by atoms with Crippen LogP contribution in [0.25, 0.3) is 0 Å². The number of carboxylic acid groups (broad SMARTS) is 1. The maximum absolute atomic E-state index is 11.6. The number of benzene rings is 2. The number of carboxylic acids is 1. The molecule has 0 aliphatic carbocycles. The van der Waals surface area contributed by atoms with Gasteiger partial charge in [-0.15, -0.1) is 0 Å². The lowest BCUT2D eigenvalue weighted by Gasteiger charge is -2.30. The average Bonchev–Trinajstić information content (AvgIpc) is 3.84. The fourth-order valence-corrected chi connectivity index (χ4v) is 6.19. The van der Waals surface area contributed by atoms with Crippen LogP contribution < -0.4 is 4.74 Å². The number of hydrogen-bond acceptors (Lipinski definition) is 7. The van der Waals surface area contributed by atoms with Gasteiger partial charge in [0.15, 0.2) is 0 Å². The highest BCUT2D eigenvalue weighted by molar-refractivity contribution is 9.14. The molecular weight excluding hydrogens is 796 g/mol. The zero-order valence-electron chi connectivity index (χ0n) is 23.1. The van der Waals surface area contributed by atoms with Crippen molar-refractivity contribution < 1.29 is 38.7 Å². The van der Waals surface area contributed by atoms with Gasteiger partial charge in [-0.2, -0.15) is 0 Å². The van der Waals surface area contributed by atoms with Gasteiger partial charge in [0.1, 0.15) is 23.7 Å². The van der Waals surface area contributed by atoms with Crippen LogP contribution in [0.2, 0.25) is 0 Å². The molecule has 41 heavy (non-hydrogen) atoms. The minimum Gasteiger partial charge on any atom is -0.505 e. The number of phenolic OH excluding ortho intramolecular Hbond substituents is 1. The summed E-state index contributed by atoms with van der Waals surface area (Å²) in [6.45, 7) is 17.2. The number of epoxide rings is 2. The third-order valence-electron chi connectivity index (χ3n) is 5.78. The molecule has 4 rings (SSSR count). The molecule has 0 radical (unpaired) electrons. The van der Waals surface area contributed by atoms with Crippen molar-refractivity contribution in [3.8, 4) is 11.5 Å². The Labute approximate surface area is 273 Å². The van der Waals surface area contributed by atoms with Crippen LogP contribution in [0.5, 0.6) is 11.5 Å². The molecule has 8 nitrogen and oxygen atoms in total. The molecule has 0 aromatic heterocycles. The van der Waals surface area contributed by atoms with Gasteiger partial charge in [0, 0.05) is 25.5 Å². The van der Waals surface area contributed by atoms with Gasteiger partial charge in [-0.05, 0) is 101 Å². The first-order valence-electron chi connectivity index (χ1n) is 12.3.